The van der Waals surface area contributed by atoms with Crippen molar-refractivity contribution in [1.82, 2.24) is 0 Å². The monoisotopic (exact) mass is 202 g/mol. The normalized spacial score (nSPS) is 14.3. The van der Waals surface area contributed by atoms with Crippen molar-refractivity contribution in [3.63, 3.8) is 0 Å². The summed E-state index contributed by atoms with van der Waals surface area (Å²) in [5, 5.41) is 0. The molecule has 2 atom stereocenters. The first-order valence-electron chi connectivity index (χ1n) is 4.68. The van der Waals surface area contributed by atoms with Gasteiger partial charge in [-0.15, -0.1) is 0 Å². The van der Waals surface area contributed by atoms with Crippen LogP contribution in [-0.2, 0) is 19.1 Å². The molecule has 0 aliphatic rings. The van der Waals surface area contributed by atoms with E-state index in [2.05, 4.69) is 9.47 Å². The van der Waals surface area contributed by atoms with Gasteiger partial charge in [0.05, 0.1) is 26.1 Å². The summed E-state index contributed by atoms with van der Waals surface area (Å²) in [6, 6.07) is 0. The number of carbonyl (C=O) groups is 2. The van der Waals surface area contributed by atoms with Crippen LogP contribution in [-0.4, -0.2) is 26.2 Å². The molecule has 0 saturated carbocycles. The molecule has 0 bridgehead atoms. The van der Waals surface area contributed by atoms with Crippen molar-refractivity contribution in [1.29, 1.82) is 0 Å². The van der Waals surface area contributed by atoms with Crippen molar-refractivity contribution in [2.45, 2.75) is 26.7 Å². The maximum atomic E-state index is 11.0. The summed E-state index contributed by atoms with van der Waals surface area (Å²) in [6.45, 7) is 3.58. The van der Waals surface area contributed by atoms with E-state index in [1.54, 1.807) is 13.8 Å². The standard InChI is InChI=1S/C10H18O4/c1-7(9(11)13-3)5-6-8(2)10(12)14-4/h7-8H,5-6H2,1-4H3/t7-,8-/m1/s1. The van der Waals surface area contributed by atoms with Gasteiger partial charge in [-0.25, -0.2) is 0 Å². The lowest BCUT2D eigenvalue weighted by Crippen LogP contribution is -2.17. The number of carbonyl (C=O) groups excluding carboxylic acids is 2. The van der Waals surface area contributed by atoms with Gasteiger partial charge in [-0.3, -0.25) is 9.59 Å². The Kier molecular flexibility index (Phi) is 5.92. The number of esters is 2. The molecule has 0 rings (SSSR count). The minimum Gasteiger partial charge on any atom is -0.469 e. The zero-order valence-electron chi connectivity index (χ0n) is 9.20. The fourth-order valence-electron chi connectivity index (χ4n) is 1.14. The fraction of sp³-hybridized carbons (Fsp3) is 0.800. The smallest absolute Gasteiger partial charge is 0.308 e. The summed E-state index contributed by atoms with van der Waals surface area (Å²) in [7, 11) is 2.73. The highest BCUT2D eigenvalue weighted by Crippen LogP contribution is 2.14. The van der Waals surface area contributed by atoms with Crippen molar-refractivity contribution >= 4 is 11.9 Å². The average molecular weight is 202 g/mol. The van der Waals surface area contributed by atoms with E-state index in [1.165, 1.54) is 14.2 Å². The highest BCUT2D eigenvalue weighted by atomic mass is 16.5. The van der Waals surface area contributed by atoms with E-state index < -0.39 is 0 Å². The highest BCUT2D eigenvalue weighted by molar-refractivity contribution is 5.73. The van der Waals surface area contributed by atoms with Crippen LogP contribution < -0.4 is 0 Å². The van der Waals surface area contributed by atoms with Gasteiger partial charge < -0.3 is 9.47 Å². The first-order valence-corrected chi connectivity index (χ1v) is 4.68. The van der Waals surface area contributed by atoms with Crippen LogP contribution in [0.25, 0.3) is 0 Å². The Bertz CT molecular complexity index is 178. The first kappa shape index (κ1) is 12.9. The molecule has 0 unspecified atom stereocenters. The molecule has 0 aromatic carbocycles. The molecule has 4 nitrogen and oxygen atoms in total. The van der Waals surface area contributed by atoms with E-state index in [4.69, 9.17) is 0 Å². The zero-order chi connectivity index (χ0) is 11.1. The summed E-state index contributed by atoms with van der Waals surface area (Å²) < 4.78 is 9.15. The Balaban J connectivity index is 3.82. The topological polar surface area (TPSA) is 52.6 Å². The molecule has 0 aliphatic carbocycles. The van der Waals surface area contributed by atoms with Gasteiger partial charge in [-0.2, -0.15) is 0 Å². The second-order valence-corrected chi connectivity index (χ2v) is 3.43. The molecular formula is C10H18O4. The lowest BCUT2D eigenvalue weighted by Gasteiger charge is -2.12. The summed E-state index contributed by atoms with van der Waals surface area (Å²) in [6.07, 6.45) is 1.28. The van der Waals surface area contributed by atoms with Gasteiger partial charge in [0.1, 0.15) is 0 Å². The predicted molar refractivity (Wildman–Crippen MR) is 51.6 cm³/mol. The summed E-state index contributed by atoms with van der Waals surface area (Å²) >= 11 is 0. The van der Waals surface area contributed by atoms with E-state index >= 15 is 0 Å². The number of methoxy groups -OCH3 is 2. The van der Waals surface area contributed by atoms with E-state index in [9.17, 15) is 9.59 Å². The van der Waals surface area contributed by atoms with Crippen LogP contribution in [0.15, 0.2) is 0 Å². The molecule has 0 spiro atoms. The molecule has 14 heavy (non-hydrogen) atoms. The lowest BCUT2D eigenvalue weighted by atomic mass is 9.98. The van der Waals surface area contributed by atoms with Crippen LogP contribution >= 0.6 is 0 Å². The van der Waals surface area contributed by atoms with E-state index in [0.717, 1.165) is 0 Å². The maximum absolute atomic E-state index is 11.0. The van der Waals surface area contributed by atoms with Crippen LogP contribution in [0.4, 0.5) is 0 Å². The second-order valence-electron chi connectivity index (χ2n) is 3.43. The molecule has 82 valence electrons. The van der Waals surface area contributed by atoms with E-state index in [1.807, 2.05) is 0 Å². The molecule has 0 amide bonds. The van der Waals surface area contributed by atoms with Gasteiger partial charge in [-0.05, 0) is 12.8 Å². The summed E-state index contributed by atoms with van der Waals surface area (Å²) in [5.74, 6) is -0.789. The van der Waals surface area contributed by atoms with Crippen molar-refractivity contribution < 1.29 is 19.1 Å². The fourth-order valence-corrected chi connectivity index (χ4v) is 1.14. The van der Waals surface area contributed by atoms with Crippen molar-refractivity contribution in [2.24, 2.45) is 11.8 Å². The van der Waals surface area contributed by atoms with Crippen molar-refractivity contribution in [2.75, 3.05) is 14.2 Å². The molecule has 0 saturated heterocycles. The van der Waals surface area contributed by atoms with Gasteiger partial charge in [0.25, 0.3) is 0 Å². The number of rotatable bonds is 5. The third kappa shape index (κ3) is 4.25. The van der Waals surface area contributed by atoms with Crippen LogP contribution in [0.1, 0.15) is 26.7 Å². The zero-order valence-corrected chi connectivity index (χ0v) is 9.20. The van der Waals surface area contributed by atoms with Gasteiger partial charge in [0.15, 0.2) is 0 Å². The largest absolute Gasteiger partial charge is 0.469 e. The van der Waals surface area contributed by atoms with Gasteiger partial charge >= 0.3 is 11.9 Å². The lowest BCUT2D eigenvalue weighted by molar-refractivity contribution is -0.147. The maximum Gasteiger partial charge on any atom is 0.308 e. The Labute approximate surface area is 84.6 Å². The second kappa shape index (κ2) is 6.40. The van der Waals surface area contributed by atoms with E-state index in [0.29, 0.717) is 12.8 Å². The van der Waals surface area contributed by atoms with Crippen molar-refractivity contribution in [3.05, 3.63) is 0 Å². The third-order valence-corrected chi connectivity index (χ3v) is 2.24. The van der Waals surface area contributed by atoms with E-state index in [-0.39, 0.29) is 23.8 Å². The molecular weight excluding hydrogens is 184 g/mol. The Morgan fingerprint density at radius 1 is 0.929 bits per heavy atom. The highest BCUT2D eigenvalue weighted by Gasteiger charge is 2.18. The minimum absolute atomic E-state index is 0.160. The molecule has 0 heterocycles. The summed E-state index contributed by atoms with van der Waals surface area (Å²) in [5.41, 5.74) is 0. The Morgan fingerprint density at radius 2 is 1.21 bits per heavy atom. The van der Waals surface area contributed by atoms with Crippen LogP contribution in [0.5, 0.6) is 0 Å². The average Bonchev–Trinajstić information content (AvgIpc) is 2.22. The number of hydrogen-bond donors (Lipinski definition) is 0. The predicted octanol–water partition coefficient (Wildman–Crippen LogP) is 1.38. The van der Waals surface area contributed by atoms with Crippen LogP contribution in [0.2, 0.25) is 0 Å². The molecule has 0 aromatic heterocycles. The van der Waals surface area contributed by atoms with Crippen molar-refractivity contribution in [3.8, 4) is 0 Å². The quantitative estimate of drug-likeness (QED) is 0.632. The van der Waals surface area contributed by atoms with Gasteiger partial charge in [-0.1, -0.05) is 13.8 Å². The molecule has 0 radical (unpaired) electrons. The van der Waals surface area contributed by atoms with Gasteiger partial charge in [0, 0.05) is 0 Å². The first-order chi connectivity index (χ1) is 6.52. The number of ether oxygens (including phenoxy) is 2. The van der Waals surface area contributed by atoms with Crippen LogP contribution in [0.3, 0.4) is 0 Å². The molecule has 0 aromatic rings. The third-order valence-electron chi connectivity index (χ3n) is 2.24. The molecule has 4 heteroatoms. The number of hydrogen-bond acceptors (Lipinski definition) is 4. The van der Waals surface area contributed by atoms with Crippen LogP contribution in [0, 0.1) is 11.8 Å². The molecule has 0 N–H and O–H groups in total. The molecule has 0 fully saturated rings. The Morgan fingerprint density at radius 3 is 1.43 bits per heavy atom. The summed E-state index contributed by atoms with van der Waals surface area (Å²) in [4.78, 5) is 22.1. The molecule has 0 aliphatic heterocycles. The van der Waals surface area contributed by atoms with Gasteiger partial charge in [0.2, 0.25) is 0 Å². The minimum atomic E-state index is -0.234. The SMILES string of the molecule is COC(=O)[C@H](C)CC[C@@H](C)C(=O)OC. The Hall–Kier alpha value is -1.06.